The van der Waals surface area contributed by atoms with Crippen molar-refractivity contribution in [2.45, 2.75) is 13.8 Å². The van der Waals surface area contributed by atoms with Gasteiger partial charge in [-0.25, -0.2) is 0 Å². The highest BCUT2D eigenvalue weighted by molar-refractivity contribution is 9.10. The maximum atomic E-state index is 11.9. The van der Waals surface area contributed by atoms with E-state index in [1.54, 1.807) is 6.92 Å². The Morgan fingerprint density at radius 2 is 1.75 bits per heavy atom. The first kappa shape index (κ1) is 11.1. The molecular formula is C13H11BrO2. The van der Waals surface area contributed by atoms with E-state index >= 15 is 0 Å². The second-order valence-corrected chi connectivity index (χ2v) is 4.58. The van der Waals surface area contributed by atoms with Crippen LogP contribution in [0.5, 0.6) is 0 Å². The van der Waals surface area contributed by atoms with Gasteiger partial charge in [0, 0.05) is 10.5 Å². The van der Waals surface area contributed by atoms with Gasteiger partial charge in [-0.05, 0) is 31.5 Å². The van der Waals surface area contributed by atoms with Gasteiger partial charge in [0.2, 0.25) is 0 Å². The van der Waals surface area contributed by atoms with Crippen molar-refractivity contribution in [2.24, 2.45) is 0 Å². The van der Waals surface area contributed by atoms with Gasteiger partial charge in [-0.2, -0.15) is 0 Å². The zero-order valence-corrected chi connectivity index (χ0v) is 10.7. The zero-order chi connectivity index (χ0) is 11.7. The van der Waals surface area contributed by atoms with E-state index in [2.05, 4.69) is 15.9 Å². The Bertz CT molecular complexity index is 567. The summed E-state index contributed by atoms with van der Waals surface area (Å²) in [5.74, 6) is 1.30. The summed E-state index contributed by atoms with van der Waals surface area (Å²) in [5.41, 5.74) is 1.52. The smallest absolute Gasteiger partial charge is 0.193 e. The van der Waals surface area contributed by atoms with E-state index in [1.165, 1.54) is 6.07 Å². The Kier molecular flexibility index (Phi) is 2.97. The summed E-state index contributed by atoms with van der Waals surface area (Å²) in [4.78, 5) is 11.9. The molecule has 2 nitrogen and oxygen atoms in total. The number of halogens is 1. The molecule has 0 saturated carbocycles. The Balaban J connectivity index is 2.65. The average Bonchev–Trinajstić information content (AvgIpc) is 2.19. The van der Waals surface area contributed by atoms with Gasteiger partial charge in [-0.1, -0.05) is 28.1 Å². The van der Waals surface area contributed by atoms with Gasteiger partial charge in [-0.3, -0.25) is 4.79 Å². The minimum Gasteiger partial charge on any atom is -0.466 e. The Labute approximate surface area is 102 Å². The first-order chi connectivity index (χ1) is 7.58. The molecule has 0 fully saturated rings. The third kappa shape index (κ3) is 2.09. The number of hydrogen-bond donors (Lipinski definition) is 0. The van der Waals surface area contributed by atoms with Crippen LogP contribution in [0.4, 0.5) is 0 Å². The normalized spacial score (nSPS) is 10.4. The fourth-order valence-corrected chi connectivity index (χ4v) is 1.98. The summed E-state index contributed by atoms with van der Waals surface area (Å²) < 4.78 is 6.45. The molecule has 0 aliphatic carbocycles. The highest BCUT2D eigenvalue weighted by Gasteiger charge is 2.09. The summed E-state index contributed by atoms with van der Waals surface area (Å²) in [7, 11) is 0. The van der Waals surface area contributed by atoms with Crippen molar-refractivity contribution in [3.8, 4) is 11.1 Å². The molecule has 2 aromatic rings. The van der Waals surface area contributed by atoms with Crippen LogP contribution in [0.2, 0.25) is 0 Å². The van der Waals surface area contributed by atoms with Crippen LogP contribution in [0.3, 0.4) is 0 Å². The van der Waals surface area contributed by atoms with Crippen molar-refractivity contribution in [3.05, 3.63) is 56.5 Å². The minimum atomic E-state index is 0.00331. The predicted octanol–water partition coefficient (Wildman–Crippen LogP) is 3.69. The van der Waals surface area contributed by atoms with E-state index < -0.39 is 0 Å². The van der Waals surface area contributed by atoms with Crippen LogP contribution in [-0.2, 0) is 0 Å². The summed E-state index contributed by atoms with van der Waals surface area (Å²) in [6.07, 6.45) is 0. The highest BCUT2D eigenvalue weighted by atomic mass is 79.9. The van der Waals surface area contributed by atoms with Crippen molar-refractivity contribution in [2.75, 3.05) is 0 Å². The van der Waals surface area contributed by atoms with Crippen molar-refractivity contribution in [3.63, 3.8) is 0 Å². The first-order valence-corrected chi connectivity index (χ1v) is 5.74. The van der Waals surface area contributed by atoms with Gasteiger partial charge < -0.3 is 4.42 Å². The lowest BCUT2D eigenvalue weighted by molar-refractivity contribution is 0.486. The molecule has 0 saturated heterocycles. The number of rotatable bonds is 1. The van der Waals surface area contributed by atoms with E-state index in [0.717, 1.165) is 10.0 Å². The molecule has 0 atom stereocenters. The van der Waals surface area contributed by atoms with Crippen LogP contribution in [0.25, 0.3) is 11.1 Å². The molecule has 0 radical (unpaired) electrons. The zero-order valence-electron chi connectivity index (χ0n) is 9.08. The summed E-state index contributed by atoms with van der Waals surface area (Å²) in [6.45, 7) is 3.59. The molecule has 16 heavy (non-hydrogen) atoms. The van der Waals surface area contributed by atoms with Crippen LogP contribution in [-0.4, -0.2) is 0 Å². The molecule has 1 heterocycles. The molecule has 0 spiro atoms. The van der Waals surface area contributed by atoms with Crippen molar-refractivity contribution in [1.29, 1.82) is 0 Å². The maximum Gasteiger partial charge on any atom is 0.193 e. The van der Waals surface area contributed by atoms with Crippen LogP contribution in [0.1, 0.15) is 11.5 Å². The quantitative estimate of drug-likeness (QED) is 0.797. The van der Waals surface area contributed by atoms with Crippen LogP contribution in [0.15, 0.2) is 44.0 Å². The molecule has 1 aromatic carbocycles. The molecular weight excluding hydrogens is 268 g/mol. The standard InChI is InChI=1S/C13H11BrO2/c1-8-7-12(15)13(9(2)16-8)10-3-5-11(14)6-4-10/h3-7H,1-2H3. The van der Waals surface area contributed by atoms with Crippen LogP contribution >= 0.6 is 15.9 Å². The van der Waals surface area contributed by atoms with Gasteiger partial charge in [0.25, 0.3) is 0 Å². The van der Waals surface area contributed by atoms with Gasteiger partial charge in [-0.15, -0.1) is 0 Å². The van der Waals surface area contributed by atoms with Gasteiger partial charge in [0.1, 0.15) is 11.5 Å². The van der Waals surface area contributed by atoms with E-state index in [9.17, 15) is 4.79 Å². The lowest BCUT2D eigenvalue weighted by Gasteiger charge is -2.05. The molecule has 0 unspecified atom stereocenters. The van der Waals surface area contributed by atoms with Crippen LogP contribution in [0, 0.1) is 13.8 Å². The van der Waals surface area contributed by atoms with E-state index in [4.69, 9.17) is 4.42 Å². The summed E-state index contributed by atoms with van der Waals surface area (Å²) in [5, 5.41) is 0. The van der Waals surface area contributed by atoms with Gasteiger partial charge in [0.05, 0.1) is 5.56 Å². The molecule has 0 aliphatic heterocycles. The van der Waals surface area contributed by atoms with Gasteiger partial charge in [0.15, 0.2) is 5.43 Å². The maximum absolute atomic E-state index is 11.9. The van der Waals surface area contributed by atoms with Crippen LogP contribution < -0.4 is 5.43 Å². The minimum absolute atomic E-state index is 0.00331. The Morgan fingerprint density at radius 3 is 2.31 bits per heavy atom. The summed E-state index contributed by atoms with van der Waals surface area (Å²) in [6, 6.07) is 9.14. The molecule has 1 aromatic heterocycles. The predicted molar refractivity (Wildman–Crippen MR) is 67.6 cm³/mol. The molecule has 0 aliphatic rings. The molecule has 82 valence electrons. The van der Waals surface area contributed by atoms with E-state index in [0.29, 0.717) is 17.1 Å². The Hall–Kier alpha value is -1.35. The largest absolute Gasteiger partial charge is 0.466 e. The number of aryl methyl sites for hydroxylation is 2. The van der Waals surface area contributed by atoms with E-state index in [-0.39, 0.29) is 5.43 Å². The number of benzene rings is 1. The Morgan fingerprint density at radius 1 is 1.12 bits per heavy atom. The second-order valence-electron chi connectivity index (χ2n) is 3.66. The molecule has 2 rings (SSSR count). The SMILES string of the molecule is Cc1cc(=O)c(-c2ccc(Br)cc2)c(C)o1. The van der Waals surface area contributed by atoms with E-state index in [1.807, 2.05) is 31.2 Å². The number of hydrogen-bond acceptors (Lipinski definition) is 2. The third-order valence-electron chi connectivity index (χ3n) is 2.38. The fraction of sp³-hybridized carbons (Fsp3) is 0.154. The van der Waals surface area contributed by atoms with Gasteiger partial charge >= 0.3 is 0 Å². The average molecular weight is 279 g/mol. The fourth-order valence-electron chi connectivity index (χ4n) is 1.71. The molecule has 3 heteroatoms. The third-order valence-corrected chi connectivity index (χ3v) is 2.91. The second kappa shape index (κ2) is 4.26. The molecule has 0 amide bonds. The highest BCUT2D eigenvalue weighted by Crippen LogP contribution is 2.22. The molecule has 0 bridgehead atoms. The summed E-state index contributed by atoms with van der Waals surface area (Å²) >= 11 is 3.37. The van der Waals surface area contributed by atoms with Crippen molar-refractivity contribution >= 4 is 15.9 Å². The van der Waals surface area contributed by atoms with Crippen molar-refractivity contribution < 1.29 is 4.42 Å². The topological polar surface area (TPSA) is 30.2 Å². The lowest BCUT2D eigenvalue weighted by atomic mass is 10.0. The molecule has 0 N–H and O–H groups in total. The first-order valence-electron chi connectivity index (χ1n) is 4.95. The lowest BCUT2D eigenvalue weighted by Crippen LogP contribution is -2.05. The van der Waals surface area contributed by atoms with Crippen molar-refractivity contribution in [1.82, 2.24) is 0 Å². The monoisotopic (exact) mass is 278 g/mol.